The number of thiocarbonyl (C=S) groups is 1. The van der Waals surface area contributed by atoms with Gasteiger partial charge >= 0.3 is 0 Å². The summed E-state index contributed by atoms with van der Waals surface area (Å²) in [7, 11) is 0. The number of amides is 2. The maximum atomic E-state index is 12.2. The molecule has 142 valence electrons. The van der Waals surface area contributed by atoms with Crippen LogP contribution in [-0.2, 0) is 0 Å². The van der Waals surface area contributed by atoms with Crippen LogP contribution in [-0.4, -0.2) is 21.9 Å². The van der Waals surface area contributed by atoms with Gasteiger partial charge in [0, 0.05) is 17.7 Å². The zero-order valence-electron chi connectivity index (χ0n) is 14.0. The van der Waals surface area contributed by atoms with E-state index in [0.717, 1.165) is 0 Å². The molecule has 0 unspecified atom stereocenters. The quantitative estimate of drug-likeness (QED) is 0.339. The second-order valence-corrected chi connectivity index (χ2v) is 6.67. The molecule has 0 spiro atoms. The lowest BCUT2D eigenvalue weighted by Crippen LogP contribution is -2.48. The van der Waals surface area contributed by atoms with Crippen molar-refractivity contribution in [1.82, 2.24) is 16.2 Å². The summed E-state index contributed by atoms with van der Waals surface area (Å²) in [5.74, 6) is -0.786. The number of rotatable bonds is 4. The monoisotopic (exact) mass is 416 g/mol. The van der Waals surface area contributed by atoms with E-state index in [2.05, 4.69) is 16.2 Å². The molecule has 2 heterocycles. The Labute approximate surface area is 167 Å². The maximum absolute atomic E-state index is 12.2. The number of hydrazine groups is 1. The number of nitro groups is 1. The topological polar surface area (TPSA) is 127 Å². The van der Waals surface area contributed by atoms with E-state index in [1.807, 2.05) is 0 Å². The number of hydrogen-bond acceptors (Lipinski definition) is 7. The van der Waals surface area contributed by atoms with E-state index >= 15 is 0 Å². The van der Waals surface area contributed by atoms with E-state index in [0.29, 0.717) is 16.2 Å². The molecular formula is C17H12N4O5S2. The summed E-state index contributed by atoms with van der Waals surface area (Å²) < 4.78 is 5.44. The highest BCUT2D eigenvalue weighted by Gasteiger charge is 2.16. The molecule has 28 heavy (non-hydrogen) atoms. The smallest absolute Gasteiger partial charge is 0.293 e. The Morgan fingerprint density at radius 1 is 1.07 bits per heavy atom. The Morgan fingerprint density at radius 3 is 2.61 bits per heavy atom. The van der Waals surface area contributed by atoms with E-state index < -0.39 is 16.7 Å². The number of hydrogen-bond donors (Lipinski definition) is 3. The first-order valence-corrected chi connectivity index (χ1v) is 9.02. The number of nitro benzene ring substituents is 1. The fourth-order valence-corrected chi connectivity index (χ4v) is 2.93. The molecule has 9 nitrogen and oxygen atoms in total. The van der Waals surface area contributed by atoms with Crippen molar-refractivity contribution in [3.8, 4) is 11.3 Å². The molecular weight excluding hydrogens is 404 g/mol. The van der Waals surface area contributed by atoms with Crippen molar-refractivity contribution in [1.29, 1.82) is 0 Å². The molecule has 2 amide bonds. The molecule has 2 aromatic heterocycles. The first-order chi connectivity index (χ1) is 13.4. The van der Waals surface area contributed by atoms with E-state index in [4.69, 9.17) is 16.6 Å². The van der Waals surface area contributed by atoms with Gasteiger partial charge in [0.2, 0.25) is 0 Å². The first kappa shape index (κ1) is 19.2. The lowest BCUT2D eigenvalue weighted by atomic mass is 10.1. The minimum atomic E-state index is -0.639. The Bertz CT molecular complexity index is 1050. The summed E-state index contributed by atoms with van der Waals surface area (Å²) in [6, 6.07) is 12.1. The molecule has 0 fully saturated rings. The Kier molecular flexibility index (Phi) is 5.77. The highest BCUT2D eigenvalue weighted by atomic mass is 32.1. The maximum Gasteiger partial charge on any atom is 0.293 e. The summed E-state index contributed by atoms with van der Waals surface area (Å²) >= 11 is 6.21. The second-order valence-electron chi connectivity index (χ2n) is 5.31. The minimum absolute atomic E-state index is 0.0461. The van der Waals surface area contributed by atoms with Crippen LogP contribution >= 0.6 is 23.6 Å². The van der Waals surface area contributed by atoms with Crippen LogP contribution in [0.5, 0.6) is 0 Å². The van der Waals surface area contributed by atoms with Gasteiger partial charge in [-0.1, -0.05) is 18.2 Å². The average molecular weight is 416 g/mol. The van der Waals surface area contributed by atoms with E-state index in [1.54, 1.807) is 23.6 Å². The van der Waals surface area contributed by atoms with Crippen molar-refractivity contribution >= 4 is 46.2 Å². The zero-order valence-corrected chi connectivity index (χ0v) is 15.6. The number of nitrogens with zero attached hydrogens (tertiary/aromatic N) is 1. The Balaban J connectivity index is 1.59. The summed E-state index contributed by atoms with van der Waals surface area (Å²) in [4.78, 5) is 34.8. The number of carbonyl (C=O) groups is 2. The first-order valence-electron chi connectivity index (χ1n) is 7.74. The molecule has 3 aromatic rings. The normalized spacial score (nSPS) is 10.1. The standard InChI is InChI=1S/C17H12N4O5S2/c22-15(18-17(27)20-19-16(23)14-5-2-8-28-14)13-7-6-12(26-13)10-3-1-4-11(9-10)21(24)25/h1-9H,(H,19,23)(H2,18,20,22,27). The molecule has 0 aliphatic heterocycles. The van der Waals surface area contributed by atoms with E-state index in [-0.39, 0.29) is 16.6 Å². The van der Waals surface area contributed by atoms with Gasteiger partial charge in [-0.3, -0.25) is 35.9 Å². The van der Waals surface area contributed by atoms with Gasteiger partial charge in [-0.2, -0.15) is 0 Å². The largest absolute Gasteiger partial charge is 0.451 e. The van der Waals surface area contributed by atoms with Gasteiger partial charge in [0.25, 0.3) is 17.5 Å². The van der Waals surface area contributed by atoms with Crippen LogP contribution in [0, 0.1) is 10.1 Å². The lowest BCUT2D eigenvalue weighted by Gasteiger charge is -2.09. The van der Waals surface area contributed by atoms with Gasteiger partial charge in [-0.15, -0.1) is 11.3 Å². The van der Waals surface area contributed by atoms with Crippen LogP contribution in [0.2, 0.25) is 0 Å². The molecule has 0 aliphatic rings. The number of benzene rings is 1. The summed E-state index contributed by atoms with van der Waals surface area (Å²) in [6.07, 6.45) is 0. The Hall–Kier alpha value is -3.57. The van der Waals surface area contributed by atoms with Crippen molar-refractivity contribution in [2.24, 2.45) is 0 Å². The number of non-ortho nitro benzene ring substituents is 1. The molecule has 1 aromatic carbocycles. The van der Waals surface area contributed by atoms with Gasteiger partial charge in [0.05, 0.1) is 9.80 Å². The average Bonchev–Trinajstić information content (AvgIpc) is 3.38. The van der Waals surface area contributed by atoms with Gasteiger partial charge < -0.3 is 4.42 Å². The van der Waals surface area contributed by atoms with E-state index in [9.17, 15) is 19.7 Å². The number of carbonyl (C=O) groups excluding carboxylic acids is 2. The zero-order chi connectivity index (χ0) is 20.1. The lowest BCUT2D eigenvalue weighted by molar-refractivity contribution is -0.384. The second kappa shape index (κ2) is 8.41. The van der Waals surface area contributed by atoms with Gasteiger partial charge in [0.1, 0.15) is 5.76 Å². The van der Waals surface area contributed by atoms with Crippen molar-refractivity contribution in [2.45, 2.75) is 0 Å². The highest BCUT2D eigenvalue weighted by Crippen LogP contribution is 2.25. The molecule has 0 atom stereocenters. The highest BCUT2D eigenvalue weighted by molar-refractivity contribution is 7.80. The fourth-order valence-electron chi connectivity index (χ4n) is 2.17. The molecule has 0 saturated carbocycles. The molecule has 11 heteroatoms. The molecule has 3 rings (SSSR count). The Morgan fingerprint density at radius 2 is 1.89 bits per heavy atom. The molecule has 0 aliphatic carbocycles. The van der Waals surface area contributed by atoms with Crippen LogP contribution < -0.4 is 16.2 Å². The SMILES string of the molecule is O=C(NC(=S)NNC(=O)c1cccs1)c1ccc(-c2cccc([N+](=O)[O-])c2)o1. The van der Waals surface area contributed by atoms with Crippen LogP contribution in [0.15, 0.2) is 58.3 Å². The van der Waals surface area contributed by atoms with Gasteiger partial charge in [-0.05, 0) is 35.8 Å². The predicted octanol–water partition coefficient (Wildman–Crippen LogP) is 2.87. The molecule has 0 saturated heterocycles. The third kappa shape index (κ3) is 4.58. The molecule has 0 radical (unpaired) electrons. The van der Waals surface area contributed by atoms with Crippen molar-refractivity contribution in [2.75, 3.05) is 0 Å². The van der Waals surface area contributed by atoms with E-state index in [1.165, 1.54) is 41.7 Å². The van der Waals surface area contributed by atoms with Crippen molar-refractivity contribution < 1.29 is 18.9 Å². The third-order valence-electron chi connectivity index (χ3n) is 3.43. The summed E-state index contributed by atoms with van der Waals surface area (Å²) in [6.45, 7) is 0. The van der Waals surface area contributed by atoms with Gasteiger partial charge in [-0.25, -0.2) is 0 Å². The van der Waals surface area contributed by atoms with Crippen LogP contribution in [0.4, 0.5) is 5.69 Å². The van der Waals surface area contributed by atoms with Gasteiger partial charge in [0.15, 0.2) is 10.9 Å². The number of nitrogens with one attached hydrogen (secondary N) is 3. The van der Waals surface area contributed by atoms with Crippen molar-refractivity contribution in [3.05, 3.63) is 74.7 Å². The number of thiophene rings is 1. The fraction of sp³-hybridized carbons (Fsp3) is 0. The van der Waals surface area contributed by atoms with Crippen LogP contribution in [0.25, 0.3) is 11.3 Å². The summed E-state index contributed by atoms with van der Waals surface area (Å²) in [5.41, 5.74) is 5.15. The van der Waals surface area contributed by atoms with Crippen molar-refractivity contribution in [3.63, 3.8) is 0 Å². The van der Waals surface area contributed by atoms with Crippen LogP contribution in [0.1, 0.15) is 20.2 Å². The number of furan rings is 1. The third-order valence-corrected chi connectivity index (χ3v) is 4.51. The molecule has 3 N–H and O–H groups in total. The minimum Gasteiger partial charge on any atom is -0.451 e. The predicted molar refractivity (Wildman–Crippen MR) is 106 cm³/mol. The summed E-state index contributed by atoms with van der Waals surface area (Å²) in [5, 5.41) is 14.9. The molecule has 0 bridgehead atoms. The van der Waals surface area contributed by atoms with Crippen LogP contribution in [0.3, 0.4) is 0 Å².